The zero-order chi connectivity index (χ0) is 18.1. The summed E-state index contributed by atoms with van der Waals surface area (Å²) in [5, 5.41) is 12.3. The average Bonchev–Trinajstić information content (AvgIpc) is 2.97. The van der Waals surface area contributed by atoms with Crippen LogP contribution in [-0.2, 0) is 25.9 Å². The molecule has 1 aromatic rings. The van der Waals surface area contributed by atoms with Crippen LogP contribution in [-0.4, -0.2) is 81.5 Å². The molecule has 2 aliphatic heterocycles. The van der Waals surface area contributed by atoms with Gasteiger partial charge in [0.1, 0.15) is 0 Å². The van der Waals surface area contributed by atoms with E-state index in [1.807, 2.05) is 4.90 Å². The maximum absolute atomic E-state index is 12.8. The highest BCUT2D eigenvalue weighted by Gasteiger charge is 2.42. The first-order valence-corrected chi connectivity index (χ1v) is 11.8. The van der Waals surface area contributed by atoms with Crippen molar-refractivity contribution >= 4 is 27.5 Å². The van der Waals surface area contributed by atoms with Crippen LogP contribution < -0.4 is 0 Å². The number of hydrogen-bond acceptors (Lipinski definition) is 8. The van der Waals surface area contributed by atoms with Gasteiger partial charge in [-0.25, -0.2) is 13.1 Å². The second-order valence-electron chi connectivity index (χ2n) is 7.16. The molecule has 3 aliphatic rings. The molecule has 3 heterocycles. The van der Waals surface area contributed by atoms with E-state index in [2.05, 4.69) is 15.5 Å². The van der Waals surface area contributed by atoms with Crippen molar-refractivity contribution in [3.8, 4) is 0 Å². The first-order valence-electron chi connectivity index (χ1n) is 9.04. The Bertz CT molecular complexity index is 758. The highest BCUT2D eigenvalue weighted by atomic mass is 32.2. The predicted molar refractivity (Wildman–Crippen MR) is 94.4 cm³/mol. The number of carbonyl (C=O) groups is 1. The molecule has 0 aromatic carbocycles. The number of rotatable bonds is 7. The summed E-state index contributed by atoms with van der Waals surface area (Å²) in [6.45, 7) is 1.37. The Hall–Kier alpha value is -1.20. The number of hydrogen-bond donors (Lipinski definition) is 0. The summed E-state index contributed by atoms with van der Waals surface area (Å²) in [5.41, 5.74) is 0. The van der Waals surface area contributed by atoms with Crippen molar-refractivity contribution in [2.45, 2.75) is 62.0 Å². The molecule has 26 heavy (non-hydrogen) atoms. The van der Waals surface area contributed by atoms with Crippen LogP contribution in [0.3, 0.4) is 0 Å². The lowest BCUT2D eigenvalue weighted by Gasteiger charge is -2.28. The quantitative estimate of drug-likeness (QED) is 0.593. The molecule has 11 heteroatoms. The van der Waals surface area contributed by atoms with Crippen molar-refractivity contribution in [2.75, 3.05) is 23.9 Å². The topological polar surface area (TPSA) is 107 Å². The van der Waals surface area contributed by atoms with E-state index in [0.29, 0.717) is 18.1 Å². The molecule has 0 spiro atoms. The molecule has 4 rings (SSSR count). The van der Waals surface area contributed by atoms with Crippen LogP contribution in [0, 0.1) is 0 Å². The molecular formula is C15H23N5O4S2. The summed E-state index contributed by atoms with van der Waals surface area (Å²) in [6, 6.07) is 0.0211. The molecule has 1 saturated carbocycles. The summed E-state index contributed by atoms with van der Waals surface area (Å²) in [4.78, 5) is 14.6. The van der Waals surface area contributed by atoms with Gasteiger partial charge in [-0.15, -0.1) is 5.10 Å². The zero-order valence-corrected chi connectivity index (χ0v) is 16.1. The van der Waals surface area contributed by atoms with Crippen molar-refractivity contribution in [3.05, 3.63) is 0 Å². The summed E-state index contributed by atoms with van der Waals surface area (Å²) in [7, 11) is -3.01. The normalized spacial score (nSPS) is 27.7. The van der Waals surface area contributed by atoms with Gasteiger partial charge in [0.25, 0.3) is 0 Å². The molecule has 1 aromatic heterocycles. The number of thioether (sulfide) groups is 1. The van der Waals surface area contributed by atoms with E-state index in [0.717, 1.165) is 32.3 Å². The SMILES string of the molecule is O=C(CSc1nnnn1C[C@@H]1CCCO1)N(C1CC1)[C@H]1CCS(=O)(=O)C1. The Morgan fingerprint density at radius 3 is 2.77 bits per heavy atom. The highest BCUT2D eigenvalue weighted by Crippen LogP contribution is 2.33. The molecule has 2 saturated heterocycles. The summed E-state index contributed by atoms with van der Waals surface area (Å²) in [5.74, 6) is 0.475. The smallest absolute Gasteiger partial charge is 0.233 e. The van der Waals surface area contributed by atoms with Crippen LogP contribution in [0.1, 0.15) is 32.1 Å². The monoisotopic (exact) mass is 401 g/mol. The summed E-state index contributed by atoms with van der Waals surface area (Å²) in [6.07, 6.45) is 4.64. The Kier molecular flexibility index (Phi) is 5.20. The molecule has 0 unspecified atom stereocenters. The predicted octanol–water partition coefficient (Wildman–Crippen LogP) is 0.122. The highest BCUT2D eigenvalue weighted by molar-refractivity contribution is 7.99. The van der Waals surface area contributed by atoms with Crippen LogP contribution in [0.5, 0.6) is 0 Å². The summed E-state index contributed by atoms with van der Waals surface area (Å²) >= 11 is 1.31. The number of amides is 1. The van der Waals surface area contributed by atoms with Gasteiger partial charge in [0, 0.05) is 18.7 Å². The first kappa shape index (κ1) is 18.2. The largest absolute Gasteiger partial charge is 0.376 e. The minimum Gasteiger partial charge on any atom is -0.376 e. The fraction of sp³-hybridized carbons (Fsp3) is 0.867. The Labute approximate surface area is 156 Å². The molecule has 1 amide bonds. The fourth-order valence-corrected chi connectivity index (χ4v) is 6.12. The molecule has 0 N–H and O–H groups in total. The number of sulfone groups is 1. The van der Waals surface area contributed by atoms with E-state index >= 15 is 0 Å². The molecule has 3 fully saturated rings. The number of carbonyl (C=O) groups excluding carboxylic acids is 1. The van der Waals surface area contributed by atoms with Gasteiger partial charge in [-0.05, 0) is 42.5 Å². The Morgan fingerprint density at radius 2 is 2.12 bits per heavy atom. The van der Waals surface area contributed by atoms with Crippen molar-refractivity contribution in [1.29, 1.82) is 0 Å². The lowest BCUT2D eigenvalue weighted by molar-refractivity contribution is -0.130. The molecule has 144 valence electrons. The van der Waals surface area contributed by atoms with Gasteiger partial charge >= 0.3 is 0 Å². The fourth-order valence-electron chi connectivity index (χ4n) is 3.65. The maximum atomic E-state index is 12.8. The third-order valence-corrected chi connectivity index (χ3v) is 7.75. The van der Waals surface area contributed by atoms with Gasteiger partial charge in [-0.3, -0.25) is 4.79 Å². The van der Waals surface area contributed by atoms with Crippen molar-refractivity contribution in [2.24, 2.45) is 0 Å². The number of tetrazole rings is 1. The second-order valence-corrected chi connectivity index (χ2v) is 10.3. The molecule has 0 radical (unpaired) electrons. The molecule has 9 nitrogen and oxygen atoms in total. The van der Waals surface area contributed by atoms with Crippen LogP contribution in [0.4, 0.5) is 0 Å². The van der Waals surface area contributed by atoms with Crippen LogP contribution in [0.25, 0.3) is 0 Å². The number of ether oxygens (including phenoxy) is 1. The minimum atomic E-state index is -3.01. The van der Waals surface area contributed by atoms with E-state index < -0.39 is 9.84 Å². The maximum Gasteiger partial charge on any atom is 0.233 e. The number of nitrogens with zero attached hydrogens (tertiary/aromatic N) is 5. The third-order valence-electron chi connectivity index (χ3n) is 5.05. The Morgan fingerprint density at radius 1 is 1.27 bits per heavy atom. The van der Waals surface area contributed by atoms with Crippen molar-refractivity contribution < 1.29 is 17.9 Å². The van der Waals surface area contributed by atoms with Crippen molar-refractivity contribution in [1.82, 2.24) is 25.1 Å². The van der Waals surface area contributed by atoms with Crippen molar-refractivity contribution in [3.63, 3.8) is 0 Å². The van der Waals surface area contributed by atoms with Gasteiger partial charge < -0.3 is 9.64 Å². The van der Waals surface area contributed by atoms with E-state index in [4.69, 9.17) is 4.74 Å². The van der Waals surface area contributed by atoms with Gasteiger partial charge in [0.2, 0.25) is 11.1 Å². The molecule has 0 bridgehead atoms. The van der Waals surface area contributed by atoms with E-state index in [9.17, 15) is 13.2 Å². The van der Waals surface area contributed by atoms with Gasteiger partial charge in [0.05, 0.1) is 29.9 Å². The lowest BCUT2D eigenvalue weighted by atomic mass is 10.2. The van der Waals surface area contributed by atoms with Gasteiger partial charge in [-0.2, -0.15) is 0 Å². The average molecular weight is 402 g/mol. The van der Waals surface area contributed by atoms with E-state index in [-0.39, 0.29) is 41.4 Å². The van der Waals surface area contributed by atoms with Gasteiger partial charge in [-0.1, -0.05) is 11.8 Å². The van der Waals surface area contributed by atoms with Gasteiger partial charge in [0.15, 0.2) is 9.84 Å². The van der Waals surface area contributed by atoms with E-state index in [1.165, 1.54) is 11.8 Å². The lowest BCUT2D eigenvalue weighted by Crippen LogP contribution is -2.43. The zero-order valence-electron chi connectivity index (χ0n) is 14.5. The first-order chi connectivity index (χ1) is 12.5. The third kappa shape index (κ3) is 4.20. The second kappa shape index (κ2) is 7.43. The standard InChI is InChI=1S/C15H23N5O4S2/c21-14(20(11-3-4-11)12-5-7-26(22,23)10-12)9-25-15-16-17-18-19(15)8-13-2-1-6-24-13/h11-13H,1-10H2/t12-,13-/m0/s1. The molecular weight excluding hydrogens is 378 g/mol. The van der Waals surface area contributed by atoms with Crippen LogP contribution in [0.2, 0.25) is 0 Å². The Balaban J connectivity index is 1.36. The van der Waals surface area contributed by atoms with E-state index in [1.54, 1.807) is 4.68 Å². The minimum absolute atomic E-state index is 0.0220. The van der Waals surface area contributed by atoms with Crippen LogP contribution >= 0.6 is 11.8 Å². The molecule has 2 atom stereocenters. The number of aromatic nitrogens is 4. The molecule has 1 aliphatic carbocycles. The summed E-state index contributed by atoms with van der Waals surface area (Å²) < 4.78 is 30.9. The van der Waals surface area contributed by atoms with Crippen LogP contribution in [0.15, 0.2) is 5.16 Å².